The van der Waals surface area contributed by atoms with E-state index in [2.05, 4.69) is 17.3 Å². The largest absolute Gasteiger partial charge is 0.350 e. The van der Waals surface area contributed by atoms with Crippen LogP contribution >= 0.6 is 0 Å². The van der Waals surface area contributed by atoms with E-state index in [1.54, 1.807) is 0 Å². The van der Waals surface area contributed by atoms with Crippen LogP contribution in [-0.2, 0) is 4.79 Å². The smallest absolute Gasteiger partial charge is 0.344 e. The molecule has 0 spiro atoms. The topological polar surface area (TPSA) is 88.1 Å². The molecule has 0 aliphatic carbocycles. The SMILES string of the molecule is CCCCCC1N=NN(C(N)=O)C1=O. The molecular formula is C8H14N4O2. The lowest BCUT2D eigenvalue weighted by Crippen LogP contribution is -2.37. The molecule has 0 aromatic carbocycles. The highest BCUT2D eigenvalue weighted by Gasteiger charge is 2.32. The fourth-order valence-electron chi connectivity index (χ4n) is 1.27. The molecule has 1 aliphatic rings. The second kappa shape index (κ2) is 4.69. The van der Waals surface area contributed by atoms with Gasteiger partial charge in [0.1, 0.15) is 0 Å². The van der Waals surface area contributed by atoms with Crippen molar-refractivity contribution in [3.63, 3.8) is 0 Å². The predicted octanol–water partition coefficient (Wildman–Crippen LogP) is 1.22. The molecule has 0 saturated carbocycles. The molecule has 14 heavy (non-hydrogen) atoms. The number of rotatable bonds is 4. The molecule has 1 aliphatic heterocycles. The Hall–Kier alpha value is -1.46. The monoisotopic (exact) mass is 198 g/mol. The Morgan fingerprint density at radius 1 is 1.57 bits per heavy atom. The molecule has 2 N–H and O–H groups in total. The van der Waals surface area contributed by atoms with E-state index in [0.29, 0.717) is 11.4 Å². The van der Waals surface area contributed by atoms with Crippen molar-refractivity contribution >= 4 is 11.9 Å². The van der Waals surface area contributed by atoms with Gasteiger partial charge < -0.3 is 5.73 Å². The minimum Gasteiger partial charge on any atom is -0.350 e. The molecule has 1 atom stereocenters. The van der Waals surface area contributed by atoms with Gasteiger partial charge in [-0.15, -0.1) is 5.01 Å². The summed E-state index contributed by atoms with van der Waals surface area (Å²) in [6, 6.07) is -1.37. The lowest BCUT2D eigenvalue weighted by atomic mass is 10.1. The molecule has 1 rings (SSSR count). The number of amides is 3. The molecule has 0 aromatic rings. The lowest BCUT2D eigenvalue weighted by molar-refractivity contribution is -0.127. The van der Waals surface area contributed by atoms with E-state index in [9.17, 15) is 9.59 Å². The van der Waals surface area contributed by atoms with Crippen molar-refractivity contribution in [2.24, 2.45) is 16.1 Å². The van der Waals surface area contributed by atoms with E-state index in [4.69, 9.17) is 5.73 Å². The molecular weight excluding hydrogens is 184 g/mol. The van der Waals surface area contributed by atoms with Crippen LogP contribution in [0.25, 0.3) is 0 Å². The van der Waals surface area contributed by atoms with Crippen molar-refractivity contribution in [3.05, 3.63) is 0 Å². The van der Waals surface area contributed by atoms with Gasteiger partial charge in [-0.3, -0.25) is 4.79 Å². The summed E-state index contributed by atoms with van der Waals surface area (Å²) in [4.78, 5) is 22.0. The maximum absolute atomic E-state index is 11.4. The average molecular weight is 198 g/mol. The Labute approximate surface area is 82.1 Å². The molecule has 1 heterocycles. The van der Waals surface area contributed by atoms with Crippen LogP contribution < -0.4 is 5.73 Å². The molecule has 78 valence electrons. The summed E-state index contributed by atoms with van der Waals surface area (Å²) in [6.07, 6.45) is 3.69. The summed E-state index contributed by atoms with van der Waals surface area (Å²) in [5.41, 5.74) is 4.92. The molecule has 3 amide bonds. The van der Waals surface area contributed by atoms with Gasteiger partial charge in [-0.25, -0.2) is 4.79 Å². The first-order valence-electron chi connectivity index (χ1n) is 4.71. The number of nitrogens with zero attached hydrogens (tertiary/aromatic N) is 3. The minimum atomic E-state index is -0.864. The number of primary amides is 1. The number of unbranched alkanes of at least 4 members (excludes halogenated alkanes) is 2. The fraction of sp³-hybridized carbons (Fsp3) is 0.750. The Morgan fingerprint density at radius 3 is 2.79 bits per heavy atom. The third kappa shape index (κ3) is 2.27. The summed E-state index contributed by atoms with van der Waals surface area (Å²) >= 11 is 0. The molecule has 0 saturated heterocycles. The summed E-state index contributed by atoms with van der Waals surface area (Å²) in [6.45, 7) is 2.08. The summed E-state index contributed by atoms with van der Waals surface area (Å²) in [7, 11) is 0. The number of carbonyl (C=O) groups excluding carboxylic acids is 2. The van der Waals surface area contributed by atoms with Crippen LogP contribution in [0.5, 0.6) is 0 Å². The normalized spacial score (nSPS) is 20.5. The van der Waals surface area contributed by atoms with E-state index < -0.39 is 18.0 Å². The summed E-state index contributed by atoms with van der Waals surface area (Å²) in [5.74, 6) is -0.409. The van der Waals surface area contributed by atoms with Gasteiger partial charge in [0.15, 0.2) is 6.04 Å². The number of hydrogen-bond donors (Lipinski definition) is 1. The molecule has 0 aromatic heterocycles. The Morgan fingerprint density at radius 2 is 2.29 bits per heavy atom. The van der Waals surface area contributed by atoms with E-state index in [0.717, 1.165) is 19.3 Å². The zero-order valence-corrected chi connectivity index (χ0v) is 8.14. The van der Waals surface area contributed by atoms with Gasteiger partial charge in [0.2, 0.25) is 0 Å². The number of carbonyl (C=O) groups is 2. The van der Waals surface area contributed by atoms with Crippen molar-refractivity contribution < 1.29 is 9.59 Å². The van der Waals surface area contributed by atoms with Gasteiger partial charge in [-0.05, 0) is 6.42 Å². The standard InChI is InChI=1S/C8H14N4O2/c1-2-3-4-5-6-7(13)12(8(9)14)11-10-6/h6H,2-5H2,1H3,(H2,9,14). The quantitative estimate of drug-likeness (QED) is 0.688. The molecule has 0 bridgehead atoms. The maximum atomic E-state index is 11.4. The van der Waals surface area contributed by atoms with Crippen LogP contribution in [0.15, 0.2) is 10.3 Å². The van der Waals surface area contributed by atoms with Gasteiger partial charge in [-0.2, -0.15) is 5.11 Å². The second-order valence-corrected chi connectivity index (χ2v) is 3.20. The van der Waals surface area contributed by atoms with Crippen LogP contribution in [0.1, 0.15) is 32.6 Å². The highest BCUT2D eigenvalue weighted by Crippen LogP contribution is 2.16. The molecule has 6 nitrogen and oxygen atoms in total. The number of nitrogens with two attached hydrogens (primary N) is 1. The van der Waals surface area contributed by atoms with E-state index in [1.807, 2.05) is 0 Å². The first-order chi connectivity index (χ1) is 6.66. The van der Waals surface area contributed by atoms with Crippen LogP contribution in [0.2, 0.25) is 0 Å². The van der Waals surface area contributed by atoms with Gasteiger partial charge in [0.05, 0.1) is 0 Å². The highest BCUT2D eigenvalue weighted by atomic mass is 16.2. The summed E-state index contributed by atoms with van der Waals surface area (Å²) < 4.78 is 0. The van der Waals surface area contributed by atoms with E-state index in [1.165, 1.54) is 0 Å². The maximum Gasteiger partial charge on any atom is 0.344 e. The van der Waals surface area contributed by atoms with Crippen molar-refractivity contribution in [2.45, 2.75) is 38.6 Å². The number of urea groups is 1. The van der Waals surface area contributed by atoms with Gasteiger partial charge >= 0.3 is 6.03 Å². The fourth-order valence-corrected chi connectivity index (χ4v) is 1.27. The third-order valence-electron chi connectivity index (χ3n) is 2.06. The van der Waals surface area contributed by atoms with E-state index >= 15 is 0 Å². The third-order valence-corrected chi connectivity index (χ3v) is 2.06. The second-order valence-electron chi connectivity index (χ2n) is 3.20. The average Bonchev–Trinajstić information content (AvgIpc) is 2.48. The van der Waals surface area contributed by atoms with Crippen LogP contribution in [0, 0.1) is 0 Å². The molecule has 0 radical (unpaired) electrons. The zero-order valence-electron chi connectivity index (χ0n) is 8.14. The van der Waals surface area contributed by atoms with Crippen LogP contribution in [0.3, 0.4) is 0 Å². The van der Waals surface area contributed by atoms with Crippen molar-refractivity contribution in [2.75, 3.05) is 0 Å². The lowest BCUT2D eigenvalue weighted by Gasteiger charge is -2.06. The Bertz CT molecular complexity index is 264. The minimum absolute atomic E-state index is 0.409. The van der Waals surface area contributed by atoms with Crippen molar-refractivity contribution in [1.82, 2.24) is 5.01 Å². The number of imide groups is 1. The van der Waals surface area contributed by atoms with E-state index in [-0.39, 0.29) is 0 Å². The predicted molar refractivity (Wildman–Crippen MR) is 49.2 cm³/mol. The molecule has 6 heteroatoms. The first kappa shape index (κ1) is 10.6. The first-order valence-corrected chi connectivity index (χ1v) is 4.71. The Balaban J connectivity index is 2.41. The van der Waals surface area contributed by atoms with Crippen molar-refractivity contribution in [1.29, 1.82) is 0 Å². The summed E-state index contributed by atoms with van der Waals surface area (Å²) in [5, 5.41) is 7.72. The van der Waals surface area contributed by atoms with Crippen LogP contribution in [0.4, 0.5) is 4.79 Å². The molecule has 1 unspecified atom stereocenters. The molecule has 0 fully saturated rings. The van der Waals surface area contributed by atoms with Crippen molar-refractivity contribution in [3.8, 4) is 0 Å². The number of hydrogen-bond acceptors (Lipinski definition) is 4. The van der Waals surface area contributed by atoms with Gasteiger partial charge in [-0.1, -0.05) is 31.4 Å². The Kier molecular flexibility index (Phi) is 3.55. The zero-order chi connectivity index (χ0) is 10.6. The van der Waals surface area contributed by atoms with Gasteiger partial charge in [0.25, 0.3) is 5.91 Å². The van der Waals surface area contributed by atoms with Crippen LogP contribution in [-0.4, -0.2) is 23.0 Å². The highest BCUT2D eigenvalue weighted by molar-refractivity contribution is 5.96. The van der Waals surface area contributed by atoms with Gasteiger partial charge in [0, 0.05) is 0 Å².